The summed E-state index contributed by atoms with van der Waals surface area (Å²) in [5.74, 6) is -0.635. The van der Waals surface area contributed by atoms with Gasteiger partial charge in [0.25, 0.3) is 5.91 Å². The van der Waals surface area contributed by atoms with Crippen LogP contribution >= 0.6 is 34.4 Å². The smallest absolute Gasteiger partial charge is 0.272 e. The first-order valence-corrected chi connectivity index (χ1v) is 13.1. The second-order valence-electron chi connectivity index (χ2n) is 7.56. The zero-order valence-electron chi connectivity index (χ0n) is 18.6. The molecule has 1 amide bonds. The number of carbonyl (C=O) groups is 1. The van der Waals surface area contributed by atoms with Crippen LogP contribution in [-0.4, -0.2) is 33.7 Å². The van der Waals surface area contributed by atoms with Crippen LogP contribution in [0.1, 0.15) is 16.7 Å². The van der Waals surface area contributed by atoms with Crippen molar-refractivity contribution in [2.24, 2.45) is 10.9 Å². The number of thioether (sulfide) groups is 1. The van der Waals surface area contributed by atoms with Crippen molar-refractivity contribution in [2.75, 3.05) is 11.7 Å². The molecule has 1 atom stereocenters. The number of nitrogens with one attached hydrogen (secondary N) is 1. The fourth-order valence-electron chi connectivity index (χ4n) is 4.14. The van der Waals surface area contributed by atoms with Gasteiger partial charge in [0.05, 0.1) is 15.8 Å². The van der Waals surface area contributed by atoms with Crippen molar-refractivity contribution < 1.29 is 9.63 Å². The fourth-order valence-corrected chi connectivity index (χ4v) is 6.25. The van der Waals surface area contributed by atoms with Crippen LogP contribution in [-0.2, 0) is 15.2 Å². The van der Waals surface area contributed by atoms with Crippen LogP contribution in [0.25, 0.3) is 0 Å². The van der Waals surface area contributed by atoms with Crippen molar-refractivity contribution >= 4 is 46.0 Å². The Labute approximate surface area is 217 Å². The fraction of sp³-hybridized carbons (Fsp3) is 0.154. The number of amides is 1. The summed E-state index contributed by atoms with van der Waals surface area (Å²) in [6, 6.07) is 31.2. The van der Waals surface area contributed by atoms with Crippen molar-refractivity contribution in [3.63, 3.8) is 0 Å². The van der Waals surface area contributed by atoms with Gasteiger partial charge in [0.15, 0.2) is 5.71 Å². The van der Waals surface area contributed by atoms with E-state index in [9.17, 15) is 4.79 Å². The molecule has 174 valence electrons. The minimum Gasteiger partial charge on any atom is -0.398 e. The molecule has 3 aromatic carbocycles. The number of oxime groups is 1. The molecule has 4 rings (SSSR count). The zero-order valence-corrected chi connectivity index (χ0v) is 21.6. The van der Waals surface area contributed by atoms with Crippen LogP contribution in [0, 0.1) is 0 Å². The molecule has 1 unspecified atom stereocenters. The van der Waals surface area contributed by atoms with Gasteiger partial charge in [0, 0.05) is 5.41 Å². The van der Waals surface area contributed by atoms with E-state index in [0.717, 1.165) is 16.7 Å². The van der Waals surface area contributed by atoms with Crippen LogP contribution in [0.5, 0.6) is 0 Å². The summed E-state index contributed by atoms with van der Waals surface area (Å²) < 4.78 is 0.610. The number of alkyl halides is 1. The molecule has 0 aliphatic carbocycles. The van der Waals surface area contributed by atoms with E-state index < -0.39 is 11.4 Å². The average Bonchev–Trinajstić information content (AvgIpc) is 3.29. The molecular weight excluding hydrogens is 559 g/mol. The van der Waals surface area contributed by atoms with Gasteiger partial charge in [-0.2, -0.15) is 0 Å². The third kappa shape index (κ3) is 4.70. The lowest BCUT2D eigenvalue weighted by atomic mass is 9.77. The Morgan fingerprint density at radius 2 is 1.47 bits per heavy atom. The molecule has 0 saturated heterocycles. The van der Waals surface area contributed by atoms with E-state index in [1.54, 1.807) is 11.8 Å². The molecule has 8 heteroatoms. The predicted molar refractivity (Wildman–Crippen MR) is 146 cm³/mol. The molecule has 0 fully saturated rings. The molecule has 0 radical (unpaired) electrons. The summed E-state index contributed by atoms with van der Waals surface area (Å²) in [7, 11) is 1.40. The van der Waals surface area contributed by atoms with Gasteiger partial charge in [-0.25, -0.2) is 0 Å². The van der Waals surface area contributed by atoms with Gasteiger partial charge in [-0.05, 0) is 16.7 Å². The van der Waals surface area contributed by atoms with Crippen molar-refractivity contribution in [1.82, 2.24) is 10.2 Å². The third-order valence-corrected chi connectivity index (χ3v) is 7.37. The molecule has 1 aliphatic heterocycles. The molecule has 0 aromatic heterocycles. The third-order valence-electron chi connectivity index (χ3n) is 5.65. The standard InChI is InChI=1S/C26H25IN4O2S/c1-33-30-23(24(28)32)22-17-34-25(31(22)18-27)29-26(19-11-5-2-6-12-19,20-13-7-3-8-14-20)21-15-9-4-10-16-21/h2-17,25,29H,18H2,1H3,(H2,28,32). The normalized spacial score (nSPS) is 16.3. The highest BCUT2D eigenvalue weighted by Gasteiger charge is 2.42. The van der Waals surface area contributed by atoms with Crippen molar-refractivity contribution in [1.29, 1.82) is 0 Å². The van der Waals surface area contributed by atoms with Crippen molar-refractivity contribution in [3.05, 3.63) is 119 Å². The van der Waals surface area contributed by atoms with Crippen LogP contribution in [0.3, 0.4) is 0 Å². The minimum atomic E-state index is -0.653. The Kier molecular flexibility index (Phi) is 7.91. The number of benzene rings is 3. The molecule has 1 heterocycles. The Bertz CT molecular complexity index is 1080. The summed E-state index contributed by atoms with van der Waals surface area (Å²) in [6.45, 7) is 0. The maximum atomic E-state index is 12.1. The Hall–Kier alpha value is -2.82. The second kappa shape index (κ2) is 11.1. The number of nitrogens with zero attached hydrogens (tertiary/aromatic N) is 2. The maximum Gasteiger partial charge on any atom is 0.272 e. The van der Waals surface area contributed by atoms with E-state index in [0.29, 0.717) is 10.2 Å². The van der Waals surface area contributed by atoms with E-state index in [-0.39, 0.29) is 11.2 Å². The number of nitrogens with two attached hydrogens (primary N) is 1. The highest BCUT2D eigenvalue weighted by atomic mass is 127. The Morgan fingerprint density at radius 1 is 1.00 bits per heavy atom. The lowest BCUT2D eigenvalue weighted by Crippen LogP contribution is -2.53. The molecule has 0 bridgehead atoms. The number of primary amides is 1. The van der Waals surface area contributed by atoms with Gasteiger partial charge in [0.2, 0.25) is 0 Å². The van der Waals surface area contributed by atoms with Gasteiger partial charge in [0.1, 0.15) is 12.6 Å². The van der Waals surface area contributed by atoms with Crippen molar-refractivity contribution in [3.8, 4) is 0 Å². The molecule has 6 nitrogen and oxygen atoms in total. The molecule has 3 aromatic rings. The summed E-state index contributed by atoms with van der Waals surface area (Å²) in [4.78, 5) is 19.1. The first-order valence-electron chi connectivity index (χ1n) is 10.7. The maximum absolute atomic E-state index is 12.1. The molecule has 34 heavy (non-hydrogen) atoms. The van der Waals surface area contributed by atoms with Crippen molar-refractivity contribution in [2.45, 2.75) is 11.0 Å². The predicted octanol–water partition coefficient (Wildman–Crippen LogP) is 4.62. The lowest BCUT2D eigenvalue weighted by Gasteiger charge is -2.41. The SMILES string of the molecule is CON=C(C(N)=O)C1=CSC(NC(c2ccccc2)(c2ccccc2)c2ccccc2)N1CI. The number of rotatable bonds is 9. The number of hydrogen-bond acceptors (Lipinski definition) is 6. The van der Waals surface area contributed by atoms with E-state index in [1.807, 2.05) is 23.6 Å². The monoisotopic (exact) mass is 584 g/mol. The average molecular weight is 584 g/mol. The lowest BCUT2D eigenvalue weighted by molar-refractivity contribution is -0.112. The highest BCUT2D eigenvalue weighted by molar-refractivity contribution is 14.1. The molecule has 3 N–H and O–H groups in total. The van der Waals surface area contributed by atoms with Gasteiger partial charge < -0.3 is 15.5 Å². The highest BCUT2D eigenvalue weighted by Crippen LogP contribution is 2.41. The first-order chi connectivity index (χ1) is 16.6. The van der Waals surface area contributed by atoms with E-state index in [2.05, 4.69) is 111 Å². The van der Waals surface area contributed by atoms with E-state index >= 15 is 0 Å². The summed E-state index contributed by atoms with van der Waals surface area (Å²) >= 11 is 3.85. The molecule has 0 saturated carbocycles. The van der Waals surface area contributed by atoms with Crippen LogP contribution in [0.2, 0.25) is 0 Å². The second-order valence-corrected chi connectivity index (χ2v) is 9.20. The first kappa shape index (κ1) is 24.3. The van der Waals surface area contributed by atoms with Gasteiger partial charge >= 0.3 is 0 Å². The molecule has 1 aliphatic rings. The quantitative estimate of drug-likeness (QED) is 0.0959. The van der Waals surface area contributed by atoms with E-state index in [1.165, 1.54) is 7.11 Å². The number of halogens is 1. The topological polar surface area (TPSA) is 80.0 Å². The van der Waals surface area contributed by atoms with E-state index in [4.69, 9.17) is 10.6 Å². The van der Waals surface area contributed by atoms with Gasteiger partial charge in [-0.3, -0.25) is 10.1 Å². The molecular formula is C26H25IN4O2S. The Morgan fingerprint density at radius 3 is 1.85 bits per heavy atom. The van der Waals surface area contributed by atoms with Crippen LogP contribution in [0.4, 0.5) is 0 Å². The largest absolute Gasteiger partial charge is 0.398 e. The van der Waals surface area contributed by atoms with Crippen LogP contribution in [0.15, 0.2) is 107 Å². The summed E-state index contributed by atoms with van der Waals surface area (Å²) in [5, 5.41) is 9.73. The Balaban J connectivity index is 1.85. The zero-order chi connectivity index (χ0) is 24.0. The molecule has 0 spiro atoms. The number of carbonyl (C=O) groups excluding carboxylic acids is 1. The van der Waals surface area contributed by atoms with Crippen LogP contribution < -0.4 is 11.1 Å². The van der Waals surface area contributed by atoms with Gasteiger partial charge in [-0.15, -0.1) is 0 Å². The summed E-state index contributed by atoms with van der Waals surface area (Å²) in [5.41, 5.74) is 8.82. The van der Waals surface area contributed by atoms with Gasteiger partial charge in [-0.1, -0.05) is 131 Å². The summed E-state index contributed by atoms with van der Waals surface area (Å²) in [6.07, 6.45) is 0. The minimum absolute atomic E-state index is 0.0979. The number of hydrogen-bond donors (Lipinski definition) is 2.